The van der Waals surface area contributed by atoms with Crippen molar-refractivity contribution in [1.82, 2.24) is 15.2 Å². The first-order valence-electron chi connectivity index (χ1n) is 6.60. The van der Waals surface area contributed by atoms with Gasteiger partial charge >= 0.3 is 0 Å². The zero-order valence-corrected chi connectivity index (χ0v) is 14.1. The van der Waals surface area contributed by atoms with E-state index in [0.717, 1.165) is 29.6 Å². The van der Waals surface area contributed by atoms with E-state index in [4.69, 9.17) is 23.4 Å². The molecule has 4 N–H and O–H groups in total. The summed E-state index contributed by atoms with van der Waals surface area (Å²) in [5, 5.41) is 11.6. The van der Waals surface area contributed by atoms with Gasteiger partial charge in [0.15, 0.2) is 5.11 Å². The Balaban J connectivity index is 0.000000444. The van der Waals surface area contributed by atoms with E-state index in [1.807, 2.05) is 0 Å². The van der Waals surface area contributed by atoms with Crippen molar-refractivity contribution in [2.75, 3.05) is 6.54 Å². The van der Waals surface area contributed by atoms with Crippen LogP contribution in [0.2, 0.25) is 0 Å². The Hall–Kier alpha value is -1.21. The number of hydrogen-bond donors (Lipinski definition) is 3. The third kappa shape index (κ3) is 5.42. The number of aromatic nitrogens is 1. The number of fused-ring (bicyclic) bond motifs is 1. The molecule has 0 aromatic carbocycles. The molecule has 0 radical (unpaired) electrons. The molecular weight excluding hydrogens is 290 g/mol. The van der Waals surface area contributed by atoms with Crippen molar-refractivity contribution in [3.8, 4) is 0 Å². The fourth-order valence-electron chi connectivity index (χ4n) is 1.84. The summed E-state index contributed by atoms with van der Waals surface area (Å²) in [5.74, 6) is 0.167. The molecule has 0 bridgehead atoms. The predicted octanol–water partition coefficient (Wildman–Crippen LogP) is 2.03. The highest BCUT2D eigenvalue weighted by Crippen LogP contribution is 2.24. The molecule has 112 valence electrons. The standard InChI is InChI=1S/C11H17N3S2.C2H6N2/c1-7(2)12-11(15)14-5-4-9-10(6-14)16-8(3)13-9;1-2(3)4/h7H,4-6H2,1-3H3,(H,12,15);1H3,(H3,3,4). The van der Waals surface area contributed by atoms with Crippen molar-refractivity contribution < 1.29 is 0 Å². The van der Waals surface area contributed by atoms with Gasteiger partial charge in [0.2, 0.25) is 0 Å². The van der Waals surface area contributed by atoms with Crippen LogP contribution in [0.15, 0.2) is 0 Å². The third-order valence-corrected chi connectivity index (χ3v) is 3.91. The first-order chi connectivity index (χ1) is 9.29. The number of nitrogens with zero attached hydrogens (tertiary/aromatic N) is 2. The van der Waals surface area contributed by atoms with E-state index in [1.54, 1.807) is 11.3 Å². The van der Waals surface area contributed by atoms with Gasteiger partial charge in [0.25, 0.3) is 0 Å². The number of thiocarbonyl (C=S) groups is 1. The fourth-order valence-corrected chi connectivity index (χ4v) is 3.23. The molecule has 0 atom stereocenters. The van der Waals surface area contributed by atoms with Crippen molar-refractivity contribution in [2.45, 2.75) is 46.7 Å². The Bertz CT molecular complexity index is 477. The summed E-state index contributed by atoms with van der Waals surface area (Å²) in [6.07, 6.45) is 1.01. The average Bonchev–Trinajstić information content (AvgIpc) is 2.66. The van der Waals surface area contributed by atoms with Gasteiger partial charge in [-0.2, -0.15) is 0 Å². The maximum atomic E-state index is 6.28. The summed E-state index contributed by atoms with van der Waals surface area (Å²) in [4.78, 5) is 8.14. The number of aryl methyl sites for hydroxylation is 1. The highest BCUT2D eigenvalue weighted by atomic mass is 32.1. The van der Waals surface area contributed by atoms with Crippen LogP contribution in [0.4, 0.5) is 0 Å². The second-order valence-corrected chi connectivity index (χ2v) is 6.74. The van der Waals surface area contributed by atoms with E-state index < -0.39 is 0 Å². The number of amidine groups is 1. The van der Waals surface area contributed by atoms with Crippen molar-refractivity contribution in [1.29, 1.82) is 5.41 Å². The zero-order valence-electron chi connectivity index (χ0n) is 12.5. The second-order valence-electron chi connectivity index (χ2n) is 5.06. The molecule has 20 heavy (non-hydrogen) atoms. The lowest BCUT2D eigenvalue weighted by Crippen LogP contribution is -2.44. The van der Waals surface area contributed by atoms with Crippen LogP contribution in [0.25, 0.3) is 0 Å². The van der Waals surface area contributed by atoms with Gasteiger partial charge in [-0.15, -0.1) is 11.3 Å². The molecule has 1 aliphatic rings. The van der Waals surface area contributed by atoms with E-state index in [0.29, 0.717) is 6.04 Å². The Morgan fingerprint density at radius 2 is 2.15 bits per heavy atom. The summed E-state index contributed by atoms with van der Waals surface area (Å²) in [7, 11) is 0. The smallest absolute Gasteiger partial charge is 0.169 e. The lowest BCUT2D eigenvalue weighted by molar-refractivity contribution is 0.385. The van der Waals surface area contributed by atoms with Crippen LogP contribution in [0.1, 0.15) is 36.3 Å². The summed E-state index contributed by atoms with van der Waals surface area (Å²) in [6.45, 7) is 9.71. The minimum Gasteiger partial charge on any atom is -0.388 e. The second kappa shape index (κ2) is 7.54. The van der Waals surface area contributed by atoms with Gasteiger partial charge in [-0.25, -0.2) is 4.98 Å². The quantitative estimate of drug-likeness (QED) is 0.420. The number of nitrogens with one attached hydrogen (secondary N) is 2. The van der Waals surface area contributed by atoms with Gasteiger partial charge in [-0.3, -0.25) is 5.41 Å². The lowest BCUT2D eigenvalue weighted by atomic mass is 10.2. The van der Waals surface area contributed by atoms with E-state index in [2.05, 4.69) is 36.0 Å². The van der Waals surface area contributed by atoms with Crippen LogP contribution in [0.5, 0.6) is 0 Å². The molecule has 0 aliphatic carbocycles. The topological polar surface area (TPSA) is 78.0 Å². The van der Waals surface area contributed by atoms with E-state index in [1.165, 1.54) is 17.5 Å². The van der Waals surface area contributed by atoms with Gasteiger partial charge in [0.05, 0.1) is 23.1 Å². The summed E-state index contributed by atoms with van der Waals surface area (Å²) in [6, 6.07) is 0.400. The van der Waals surface area contributed by atoms with Crippen LogP contribution in [-0.2, 0) is 13.0 Å². The minimum absolute atomic E-state index is 0.167. The Morgan fingerprint density at radius 3 is 2.70 bits per heavy atom. The maximum absolute atomic E-state index is 6.28. The van der Waals surface area contributed by atoms with E-state index in [9.17, 15) is 0 Å². The molecule has 1 aromatic rings. The normalized spacial score (nSPS) is 13.3. The first-order valence-corrected chi connectivity index (χ1v) is 7.83. The molecule has 7 heteroatoms. The minimum atomic E-state index is 0.167. The Morgan fingerprint density at radius 1 is 1.55 bits per heavy atom. The van der Waals surface area contributed by atoms with Crippen LogP contribution >= 0.6 is 23.6 Å². The molecule has 1 aromatic heterocycles. The highest BCUT2D eigenvalue weighted by molar-refractivity contribution is 7.80. The summed E-state index contributed by atoms with van der Waals surface area (Å²) in [5.41, 5.74) is 5.96. The van der Waals surface area contributed by atoms with Crippen molar-refractivity contribution in [3.63, 3.8) is 0 Å². The predicted molar refractivity (Wildman–Crippen MR) is 89.4 cm³/mol. The number of rotatable bonds is 1. The molecule has 0 spiro atoms. The SMILES string of the molecule is CC(=N)N.Cc1nc2c(s1)CN(C(=S)NC(C)C)CC2. The molecule has 0 fully saturated rings. The van der Waals surface area contributed by atoms with Crippen LogP contribution < -0.4 is 11.1 Å². The third-order valence-electron chi connectivity index (χ3n) is 2.54. The van der Waals surface area contributed by atoms with Crippen molar-refractivity contribution >= 4 is 34.5 Å². The molecule has 0 saturated carbocycles. The molecule has 0 unspecified atom stereocenters. The molecule has 2 rings (SSSR count). The van der Waals surface area contributed by atoms with E-state index >= 15 is 0 Å². The Kier molecular flexibility index (Phi) is 6.35. The molecule has 0 amide bonds. The molecule has 5 nitrogen and oxygen atoms in total. The molecule has 2 heterocycles. The first kappa shape index (κ1) is 16.8. The number of nitrogens with two attached hydrogens (primary N) is 1. The van der Waals surface area contributed by atoms with Gasteiger partial charge in [-0.05, 0) is 39.9 Å². The Labute approximate surface area is 130 Å². The zero-order chi connectivity index (χ0) is 15.3. The van der Waals surface area contributed by atoms with E-state index in [-0.39, 0.29) is 5.84 Å². The van der Waals surface area contributed by atoms with Crippen molar-refractivity contribution in [2.24, 2.45) is 5.73 Å². The monoisotopic (exact) mass is 313 g/mol. The summed E-state index contributed by atoms with van der Waals surface area (Å²) >= 11 is 7.18. The highest BCUT2D eigenvalue weighted by Gasteiger charge is 2.21. The van der Waals surface area contributed by atoms with Gasteiger partial charge in [0.1, 0.15) is 0 Å². The van der Waals surface area contributed by atoms with Gasteiger partial charge in [0, 0.05) is 23.9 Å². The number of thiazole rings is 1. The lowest BCUT2D eigenvalue weighted by Gasteiger charge is -2.29. The van der Waals surface area contributed by atoms with Gasteiger partial charge < -0.3 is 16.0 Å². The van der Waals surface area contributed by atoms with Crippen LogP contribution in [0.3, 0.4) is 0 Å². The molecular formula is C13H23N5S2. The molecule has 1 aliphatic heterocycles. The average molecular weight is 313 g/mol. The maximum Gasteiger partial charge on any atom is 0.169 e. The van der Waals surface area contributed by atoms with Crippen LogP contribution in [-0.4, -0.2) is 33.4 Å². The summed E-state index contributed by atoms with van der Waals surface area (Å²) < 4.78 is 0. The van der Waals surface area contributed by atoms with Crippen molar-refractivity contribution in [3.05, 3.63) is 15.6 Å². The fraction of sp³-hybridized carbons (Fsp3) is 0.615. The number of hydrogen-bond acceptors (Lipinski definition) is 4. The van der Waals surface area contributed by atoms with Crippen LogP contribution in [0, 0.1) is 12.3 Å². The molecule has 0 saturated heterocycles. The largest absolute Gasteiger partial charge is 0.388 e. The van der Waals surface area contributed by atoms with Gasteiger partial charge in [-0.1, -0.05) is 0 Å².